The molecule has 0 atom stereocenters. The first-order chi connectivity index (χ1) is 16.2. The van der Waals surface area contributed by atoms with Crippen LogP contribution < -0.4 is 0 Å². The van der Waals surface area contributed by atoms with Crippen LogP contribution in [0.3, 0.4) is 0 Å². The number of hydrogen-bond donors (Lipinski definition) is 1. The molecule has 5 aromatic carbocycles. The van der Waals surface area contributed by atoms with Crippen LogP contribution in [0, 0.1) is 0 Å². The zero-order valence-corrected chi connectivity index (χ0v) is 18.0. The molecule has 5 rings (SSSR count). The van der Waals surface area contributed by atoms with E-state index in [0.29, 0.717) is 5.56 Å². The molecule has 0 aromatic heterocycles. The second-order valence-corrected chi connectivity index (χ2v) is 7.87. The fraction of sp³-hybridized carbons (Fsp3) is 0. The highest BCUT2D eigenvalue weighted by atomic mass is 16.4. The minimum atomic E-state index is -0.942. The van der Waals surface area contributed by atoms with Crippen molar-refractivity contribution in [2.45, 2.75) is 0 Å². The molecule has 0 radical (unpaired) electrons. The Kier molecular flexibility index (Phi) is 5.57. The molecule has 0 aliphatic heterocycles. The Balaban J connectivity index is 2.01. The van der Waals surface area contributed by atoms with E-state index < -0.39 is 5.97 Å². The SMILES string of the molecule is O=C(O)c1cc(-c2ccccc2)c(-c2ccccc2)c(-c2ccccc2)c1-c1ccccc1. The van der Waals surface area contributed by atoms with Gasteiger partial charge in [0.1, 0.15) is 0 Å². The molecule has 0 aliphatic rings. The predicted octanol–water partition coefficient (Wildman–Crippen LogP) is 8.05. The number of aromatic carboxylic acids is 1. The van der Waals surface area contributed by atoms with Gasteiger partial charge >= 0.3 is 5.97 Å². The molecule has 0 saturated heterocycles. The lowest BCUT2D eigenvalue weighted by molar-refractivity contribution is 0.0698. The number of hydrogen-bond acceptors (Lipinski definition) is 1. The normalized spacial score (nSPS) is 10.7. The molecular formula is C31H22O2. The molecule has 0 saturated carbocycles. The summed E-state index contributed by atoms with van der Waals surface area (Å²) >= 11 is 0. The Hall–Kier alpha value is -4.43. The molecule has 0 spiro atoms. The van der Waals surface area contributed by atoms with Crippen LogP contribution >= 0.6 is 0 Å². The number of carbonyl (C=O) groups is 1. The van der Waals surface area contributed by atoms with Gasteiger partial charge in [-0.3, -0.25) is 0 Å². The van der Waals surface area contributed by atoms with E-state index in [4.69, 9.17) is 0 Å². The lowest BCUT2D eigenvalue weighted by atomic mass is 9.80. The average Bonchev–Trinajstić information content (AvgIpc) is 2.89. The van der Waals surface area contributed by atoms with Crippen LogP contribution in [0.25, 0.3) is 44.5 Å². The van der Waals surface area contributed by atoms with E-state index in [0.717, 1.165) is 44.5 Å². The van der Waals surface area contributed by atoms with Crippen molar-refractivity contribution < 1.29 is 9.90 Å². The van der Waals surface area contributed by atoms with Crippen molar-refractivity contribution in [3.63, 3.8) is 0 Å². The van der Waals surface area contributed by atoms with Gasteiger partial charge in [-0.15, -0.1) is 0 Å². The van der Waals surface area contributed by atoms with Crippen LogP contribution in [-0.4, -0.2) is 11.1 Å². The van der Waals surface area contributed by atoms with Crippen molar-refractivity contribution in [1.82, 2.24) is 0 Å². The van der Waals surface area contributed by atoms with Gasteiger partial charge in [-0.1, -0.05) is 121 Å². The largest absolute Gasteiger partial charge is 0.478 e. The van der Waals surface area contributed by atoms with Crippen molar-refractivity contribution >= 4 is 5.97 Å². The first-order valence-corrected chi connectivity index (χ1v) is 10.9. The first-order valence-electron chi connectivity index (χ1n) is 10.9. The van der Waals surface area contributed by atoms with Gasteiger partial charge in [0, 0.05) is 5.56 Å². The summed E-state index contributed by atoms with van der Waals surface area (Å²) in [6.07, 6.45) is 0. The lowest BCUT2D eigenvalue weighted by Gasteiger charge is -2.22. The zero-order valence-electron chi connectivity index (χ0n) is 18.0. The average molecular weight is 427 g/mol. The predicted molar refractivity (Wildman–Crippen MR) is 135 cm³/mol. The quantitative estimate of drug-likeness (QED) is 0.309. The molecule has 0 fully saturated rings. The van der Waals surface area contributed by atoms with Gasteiger partial charge in [-0.25, -0.2) is 4.79 Å². The maximum Gasteiger partial charge on any atom is 0.336 e. The van der Waals surface area contributed by atoms with Crippen molar-refractivity contribution in [3.8, 4) is 44.5 Å². The number of benzene rings is 5. The van der Waals surface area contributed by atoms with Crippen molar-refractivity contribution in [3.05, 3.63) is 133 Å². The molecule has 0 heterocycles. The van der Waals surface area contributed by atoms with Crippen LogP contribution in [0.15, 0.2) is 127 Å². The smallest absolute Gasteiger partial charge is 0.336 e. The number of carboxylic acids is 1. The summed E-state index contributed by atoms with van der Waals surface area (Å²) in [5.74, 6) is -0.942. The van der Waals surface area contributed by atoms with Crippen molar-refractivity contribution in [1.29, 1.82) is 0 Å². The van der Waals surface area contributed by atoms with E-state index in [9.17, 15) is 9.90 Å². The van der Waals surface area contributed by atoms with Crippen LogP contribution in [0.4, 0.5) is 0 Å². The Bertz CT molecular complexity index is 1390. The highest BCUT2D eigenvalue weighted by Gasteiger charge is 2.25. The number of carboxylic acid groups (broad SMARTS) is 1. The molecule has 5 aromatic rings. The highest BCUT2D eigenvalue weighted by molar-refractivity contribution is 6.09. The van der Waals surface area contributed by atoms with Gasteiger partial charge in [0.2, 0.25) is 0 Å². The maximum atomic E-state index is 12.6. The van der Waals surface area contributed by atoms with Crippen LogP contribution in [0.2, 0.25) is 0 Å². The second kappa shape index (κ2) is 8.97. The van der Waals surface area contributed by atoms with Crippen LogP contribution in [0.1, 0.15) is 10.4 Å². The molecule has 0 amide bonds. The second-order valence-electron chi connectivity index (χ2n) is 7.87. The van der Waals surface area contributed by atoms with E-state index in [2.05, 4.69) is 24.3 Å². The fourth-order valence-electron chi connectivity index (χ4n) is 4.40. The third kappa shape index (κ3) is 3.95. The standard InChI is InChI=1S/C31H22O2/c32-31(33)27-21-26(22-13-5-1-6-14-22)28(23-15-7-2-8-16-23)30(25-19-11-4-12-20-25)29(27)24-17-9-3-10-18-24/h1-21H,(H,32,33). The Morgan fingerprint density at radius 3 is 1.24 bits per heavy atom. The summed E-state index contributed by atoms with van der Waals surface area (Å²) in [4.78, 5) is 12.6. The molecule has 158 valence electrons. The molecule has 1 N–H and O–H groups in total. The Morgan fingerprint density at radius 1 is 0.455 bits per heavy atom. The summed E-state index contributed by atoms with van der Waals surface area (Å²) in [6.45, 7) is 0. The van der Waals surface area contributed by atoms with E-state index in [1.165, 1.54) is 0 Å². The maximum absolute atomic E-state index is 12.6. The molecular weight excluding hydrogens is 404 g/mol. The third-order valence-corrected chi connectivity index (χ3v) is 5.83. The molecule has 2 heteroatoms. The van der Waals surface area contributed by atoms with E-state index in [1.54, 1.807) is 0 Å². The Morgan fingerprint density at radius 2 is 0.818 bits per heavy atom. The fourth-order valence-corrected chi connectivity index (χ4v) is 4.40. The summed E-state index contributed by atoms with van der Waals surface area (Å²) in [7, 11) is 0. The van der Waals surface area contributed by atoms with Gasteiger partial charge < -0.3 is 5.11 Å². The molecule has 33 heavy (non-hydrogen) atoms. The van der Waals surface area contributed by atoms with Gasteiger partial charge in [-0.2, -0.15) is 0 Å². The van der Waals surface area contributed by atoms with Gasteiger partial charge in [0.25, 0.3) is 0 Å². The van der Waals surface area contributed by atoms with E-state index >= 15 is 0 Å². The molecule has 2 nitrogen and oxygen atoms in total. The highest BCUT2D eigenvalue weighted by Crippen LogP contribution is 2.47. The zero-order chi connectivity index (χ0) is 22.6. The summed E-state index contributed by atoms with van der Waals surface area (Å²) in [5, 5.41) is 10.3. The van der Waals surface area contributed by atoms with Gasteiger partial charge in [0.15, 0.2) is 0 Å². The van der Waals surface area contributed by atoms with Crippen LogP contribution in [0.5, 0.6) is 0 Å². The van der Waals surface area contributed by atoms with Crippen molar-refractivity contribution in [2.24, 2.45) is 0 Å². The third-order valence-electron chi connectivity index (χ3n) is 5.83. The topological polar surface area (TPSA) is 37.3 Å². The van der Waals surface area contributed by atoms with Crippen molar-refractivity contribution in [2.75, 3.05) is 0 Å². The molecule has 0 unspecified atom stereocenters. The van der Waals surface area contributed by atoms with Gasteiger partial charge in [0.05, 0.1) is 5.56 Å². The summed E-state index contributed by atoms with van der Waals surface area (Å²) < 4.78 is 0. The molecule has 0 aliphatic carbocycles. The summed E-state index contributed by atoms with van der Waals surface area (Å²) in [6, 6.07) is 41.9. The van der Waals surface area contributed by atoms with E-state index in [-0.39, 0.29) is 0 Å². The first kappa shape index (κ1) is 20.5. The molecule has 0 bridgehead atoms. The number of rotatable bonds is 5. The van der Waals surface area contributed by atoms with Crippen LogP contribution in [-0.2, 0) is 0 Å². The van der Waals surface area contributed by atoms with Gasteiger partial charge in [-0.05, 0) is 45.0 Å². The Labute approximate surface area is 193 Å². The monoisotopic (exact) mass is 426 g/mol. The lowest BCUT2D eigenvalue weighted by Crippen LogP contribution is -2.05. The minimum absolute atomic E-state index is 0.290. The van der Waals surface area contributed by atoms with E-state index in [1.807, 2.05) is 103 Å². The minimum Gasteiger partial charge on any atom is -0.478 e. The summed E-state index contributed by atoms with van der Waals surface area (Å²) in [5.41, 5.74) is 7.76.